The summed E-state index contributed by atoms with van der Waals surface area (Å²) in [7, 11) is 0. The first-order chi connectivity index (χ1) is 12.0. The Labute approximate surface area is 158 Å². The van der Waals surface area contributed by atoms with Gasteiger partial charge in [-0.3, -0.25) is 9.59 Å². The molecule has 1 aliphatic heterocycles. The predicted octanol–water partition coefficient (Wildman–Crippen LogP) is 3.79. The number of likely N-dealkylation sites (tertiary alicyclic amines) is 1. The number of nitrogens with one attached hydrogen (secondary N) is 1. The molecule has 1 saturated heterocycles. The number of carbonyl (C=O) groups excluding carboxylic acids is 2. The van der Waals surface area contributed by atoms with E-state index in [4.69, 9.17) is 0 Å². The molecule has 0 spiro atoms. The van der Waals surface area contributed by atoms with Crippen LogP contribution in [0.15, 0.2) is 4.34 Å². The van der Waals surface area contributed by atoms with E-state index in [-0.39, 0.29) is 17.7 Å². The van der Waals surface area contributed by atoms with E-state index in [1.165, 1.54) is 29.5 Å². The summed E-state index contributed by atoms with van der Waals surface area (Å²) in [5.41, 5.74) is 0. The van der Waals surface area contributed by atoms with E-state index in [1.807, 2.05) is 18.7 Å². The lowest BCUT2D eigenvalue weighted by atomic mass is 9.98. The minimum Gasteiger partial charge on any atom is -0.337 e. The molecule has 0 aliphatic carbocycles. The molecule has 1 aromatic heterocycles. The minimum absolute atomic E-state index is 0.00339. The SMILES string of the molecule is CCC(CC)C(=O)Nc1nnc(SCC(=O)N2C(C)CCCC2C)s1. The van der Waals surface area contributed by atoms with E-state index in [1.54, 1.807) is 0 Å². The van der Waals surface area contributed by atoms with E-state index in [2.05, 4.69) is 29.4 Å². The molecular formula is C17H28N4O2S2. The lowest BCUT2D eigenvalue weighted by Crippen LogP contribution is -2.48. The Hall–Kier alpha value is -1.15. The molecule has 0 bridgehead atoms. The first-order valence-electron chi connectivity index (χ1n) is 9.04. The lowest BCUT2D eigenvalue weighted by Gasteiger charge is -2.39. The number of amides is 2. The van der Waals surface area contributed by atoms with Crippen molar-refractivity contribution in [2.45, 2.75) is 76.2 Å². The Morgan fingerprint density at radius 3 is 2.48 bits per heavy atom. The average molecular weight is 385 g/mol. The molecule has 1 aliphatic rings. The highest BCUT2D eigenvalue weighted by Crippen LogP contribution is 2.28. The van der Waals surface area contributed by atoms with E-state index in [0.717, 1.165) is 25.7 Å². The summed E-state index contributed by atoms with van der Waals surface area (Å²) >= 11 is 2.72. The van der Waals surface area contributed by atoms with Crippen LogP contribution in [0.25, 0.3) is 0 Å². The molecular weight excluding hydrogens is 356 g/mol. The summed E-state index contributed by atoms with van der Waals surface area (Å²) in [6, 6.07) is 0.613. The maximum atomic E-state index is 12.5. The van der Waals surface area contributed by atoms with Crippen LogP contribution in [0.4, 0.5) is 5.13 Å². The minimum atomic E-state index is -0.00950. The molecule has 2 heterocycles. The molecule has 8 heteroatoms. The second kappa shape index (κ2) is 9.52. The van der Waals surface area contributed by atoms with Gasteiger partial charge < -0.3 is 10.2 Å². The summed E-state index contributed by atoms with van der Waals surface area (Å²) < 4.78 is 0.713. The van der Waals surface area contributed by atoms with Crippen molar-refractivity contribution in [3.05, 3.63) is 0 Å². The fourth-order valence-corrected chi connectivity index (χ4v) is 4.92. The Bertz CT molecular complexity index is 579. The monoisotopic (exact) mass is 384 g/mol. The fourth-order valence-electron chi connectivity index (χ4n) is 3.30. The fraction of sp³-hybridized carbons (Fsp3) is 0.765. The van der Waals surface area contributed by atoms with Crippen molar-refractivity contribution in [1.82, 2.24) is 15.1 Å². The highest BCUT2D eigenvalue weighted by Gasteiger charge is 2.28. The number of hydrogen-bond donors (Lipinski definition) is 1. The largest absolute Gasteiger partial charge is 0.337 e. The second-order valence-electron chi connectivity index (χ2n) is 6.59. The van der Waals surface area contributed by atoms with Gasteiger partial charge in [0.25, 0.3) is 0 Å². The summed E-state index contributed by atoms with van der Waals surface area (Å²) in [5.74, 6) is 0.514. The van der Waals surface area contributed by atoms with Crippen molar-refractivity contribution in [1.29, 1.82) is 0 Å². The van der Waals surface area contributed by atoms with Crippen molar-refractivity contribution in [2.24, 2.45) is 5.92 Å². The standard InChI is InChI=1S/C17H28N4O2S2/c1-5-13(6-2)15(23)18-16-19-20-17(25-16)24-10-14(22)21-11(3)8-7-9-12(21)4/h11-13H,5-10H2,1-4H3,(H,18,19,23). The molecule has 1 N–H and O–H groups in total. The van der Waals surface area contributed by atoms with Crippen molar-refractivity contribution < 1.29 is 9.59 Å². The van der Waals surface area contributed by atoms with Gasteiger partial charge in [-0.1, -0.05) is 36.9 Å². The number of hydrogen-bond acceptors (Lipinski definition) is 6. The van der Waals surface area contributed by atoms with Crippen molar-refractivity contribution in [3.8, 4) is 0 Å². The molecule has 0 saturated carbocycles. The molecule has 2 rings (SSSR count). The maximum absolute atomic E-state index is 12.5. The number of anilines is 1. The van der Waals surface area contributed by atoms with Crippen LogP contribution in [0.1, 0.15) is 59.8 Å². The number of nitrogens with zero attached hydrogens (tertiary/aromatic N) is 3. The predicted molar refractivity (Wildman–Crippen MR) is 103 cm³/mol. The number of carbonyl (C=O) groups is 2. The van der Waals surface area contributed by atoms with Gasteiger partial charge in [-0.05, 0) is 46.0 Å². The molecule has 0 radical (unpaired) electrons. The number of aromatic nitrogens is 2. The third kappa shape index (κ3) is 5.41. The number of thioether (sulfide) groups is 1. The highest BCUT2D eigenvalue weighted by atomic mass is 32.2. The van der Waals surface area contributed by atoms with Gasteiger partial charge in [0.1, 0.15) is 0 Å². The summed E-state index contributed by atoms with van der Waals surface area (Å²) in [5, 5.41) is 11.4. The first kappa shape index (κ1) is 20.2. The highest BCUT2D eigenvalue weighted by molar-refractivity contribution is 8.01. The Morgan fingerprint density at radius 2 is 1.88 bits per heavy atom. The molecule has 6 nitrogen and oxygen atoms in total. The zero-order valence-electron chi connectivity index (χ0n) is 15.4. The first-order valence-corrected chi connectivity index (χ1v) is 10.8. The summed E-state index contributed by atoms with van der Waals surface area (Å²) in [6.45, 7) is 8.25. The zero-order chi connectivity index (χ0) is 18.4. The smallest absolute Gasteiger partial charge is 0.233 e. The van der Waals surface area contributed by atoms with Crippen LogP contribution in [0.3, 0.4) is 0 Å². The van der Waals surface area contributed by atoms with Crippen molar-refractivity contribution in [2.75, 3.05) is 11.1 Å². The van der Waals surface area contributed by atoms with Crippen molar-refractivity contribution >= 4 is 40.0 Å². The normalized spacial score (nSPS) is 20.8. The van der Waals surface area contributed by atoms with Crippen LogP contribution in [0.5, 0.6) is 0 Å². The van der Waals surface area contributed by atoms with Gasteiger partial charge in [-0.2, -0.15) is 0 Å². The third-order valence-electron chi connectivity index (χ3n) is 4.79. The number of piperidine rings is 1. The van der Waals surface area contributed by atoms with Gasteiger partial charge in [0.05, 0.1) is 5.75 Å². The summed E-state index contributed by atoms with van der Waals surface area (Å²) in [4.78, 5) is 26.6. The molecule has 1 aromatic rings. The third-order valence-corrected chi connectivity index (χ3v) is 6.75. The molecule has 2 unspecified atom stereocenters. The van der Waals surface area contributed by atoms with E-state index in [9.17, 15) is 9.59 Å². The molecule has 140 valence electrons. The van der Waals surface area contributed by atoms with Crippen LogP contribution >= 0.6 is 23.1 Å². The van der Waals surface area contributed by atoms with E-state index in [0.29, 0.717) is 27.3 Å². The van der Waals surface area contributed by atoms with Crippen LogP contribution in [-0.2, 0) is 9.59 Å². The van der Waals surface area contributed by atoms with Gasteiger partial charge in [0.15, 0.2) is 4.34 Å². The maximum Gasteiger partial charge on any atom is 0.233 e. The van der Waals surface area contributed by atoms with E-state index < -0.39 is 0 Å². The van der Waals surface area contributed by atoms with Gasteiger partial charge in [-0.25, -0.2) is 0 Å². The molecule has 25 heavy (non-hydrogen) atoms. The quantitative estimate of drug-likeness (QED) is 0.572. The van der Waals surface area contributed by atoms with Gasteiger partial charge >= 0.3 is 0 Å². The van der Waals surface area contributed by atoms with E-state index >= 15 is 0 Å². The Balaban J connectivity index is 1.86. The molecule has 2 amide bonds. The molecule has 1 fully saturated rings. The molecule has 0 aromatic carbocycles. The van der Waals surface area contributed by atoms with Crippen LogP contribution in [0, 0.1) is 5.92 Å². The average Bonchev–Trinajstić information content (AvgIpc) is 3.01. The Kier molecular flexibility index (Phi) is 7.68. The van der Waals surface area contributed by atoms with Crippen LogP contribution in [0.2, 0.25) is 0 Å². The lowest BCUT2D eigenvalue weighted by molar-refractivity contribution is -0.134. The van der Waals surface area contributed by atoms with Crippen LogP contribution < -0.4 is 5.32 Å². The van der Waals surface area contributed by atoms with Gasteiger partial charge in [0.2, 0.25) is 16.9 Å². The Morgan fingerprint density at radius 1 is 1.24 bits per heavy atom. The van der Waals surface area contributed by atoms with Gasteiger partial charge in [0, 0.05) is 18.0 Å². The van der Waals surface area contributed by atoms with Crippen LogP contribution in [-0.4, -0.2) is 44.7 Å². The molecule has 2 atom stereocenters. The van der Waals surface area contributed by atoms with Crippen molar-refractivity contribution in [3.63, 3.8) is 0 Å². The topological polar surface area (TPSA) is 75.2 Å². The summed E-state index contributed by atoms with van der Waals surface area (Å²) in [6.07, 6.45) is 4.96. The second-order valence-corrected chi connectivity index (χ2v) is 8.79. The zero-order valence-corrected chi connectivity index (χ0v) is 17.1. The number of rotatable bonds is 7. The van der Waals surface area contributed by atoms with Gasteiger partial charge in [-0.15, -0.1) is 10.2 Å².